The molecule has 25 heavy (non-hydrogen) atoms. The predicted molar refractivity (Wildman–Crippen MR) is 100.0 cm³/mol. The standard InChI is InChI=1S/C19H17ClN4O/c1-12(19(25)24-10-13-2-4-16(20)5-3-13)8-17(21)15-9-14-6-7-22-18(14)23-11-15/h2-9,11,21H,10H2,1H3,(H,22,23)(H,24,25)/b12-8-,21-17?. The van der Waals surface area contributed by atoms with Crippen LogP contribution >= 0.6 is 11.6 Å². The van der Waals surface area contributed by atoms with Crippen molar-refractivity contribution in [2.75, 3.05) is 0 Å². The van der Waals surface area contributed by atoms with Gasteiger partial charge in [0.25, 0.3) is 0 Å². The molecule has 0 bridgehead atoms. The summed E-state index contributed by atoms with van der Waals surface area (Å²) in [6.45, 7) is 2.10. The average molecular weight is 353 g/mol. The lowest BCUT2D eigenvalue weighted by molar-refractivity contribution is -0.117. The second-order valence-corrected chi connectivity index (χ2v) is 6.13. The molecule has 0 aliphatic carbocycles. The minimum Gasteiger partial charge on any atom is -0.348 e. The van der Waals surface area contributed by atoms with Crippen molar-refractivity contribution in [3.05, 3.63) is 76.6 Å². The number of pyridine rings is 1. The molecule has 1 aromatic carbocycles. The Hall–Kier alpha value is -2.92. The van der Waals surface area contributed by atoms with Crippen LogP contribution in [0, 0.1) is 5.41 Å². The second-order valence-electron chi connectivity index (χ2n) is 5.69. The zero-order valence-corrected chi connectivity index (χ0v) is 14.4. The fourth-order valence-corrected chi connectivity index (χ4v) is 2.50. The van der Waals surface area contributed by atoms with Crippen LogP contribution in [0.15, 0.2) is 60.4 Å². The molecule has 2 heterocycles. The average Bonchev–Trinajstić information content (AvgIpc) is 3.08. The van der Waals surface area contributed by atoms with Gasteiger partial charge in [-0.3, -0.25) is 4.79 Å². The molecule has 1 amide bonds. The summed E-state index contributed by atoms with van der Waals surface area (Å²) in [7, 11) is 0. The summed E-state index contributed by atoms with van der Waals surface area (Å²) < 4.78 is 0. The number of fused-ring (bicyclic) bond motifs is 1. The van der Waals surface area contributed by atoms with E-state index >= 15 is 0 Å². The zero-order chi connectivity index (χ0) is 17.8. The van der Waals surface area contributed by atoms with Gasteiger partial charge in [0.1, 0.15) is 5.65 Å². The molecular formula is C19H17ClN4O. The van der Waals surface area contributed by atoms with Crippen LogP contribution in [0.5, 0.6) is 0 Å². The number of hydrogen-bond acceptors (Lipinski definition) is 3. The van der Waals surface area contributed by atoms with Crippen LogP contribution in [0.3, 0.4) is 0 Å². The highest BCUT2D eigenvalue weighted by Gasteiger charge is 2.08. The van der Waals surface area contributed by atoms with E-state index in [1.807, 2.05) is 24.3 Å². The fourth-order valence-electron chi connectivity index (χ4n) is 2.38. The summed E-state index contributed by atoms with van der Waals surface area (Å²) in [5.41, 5.74) is 3.11. The molecule has 3 N–H and O–H groups in total. The number of aromatic amines is 1. The summed E-state index contributed by atoms with van der Waals surface area (Å²) in [5.74, 6) is -0.213. The third-order valence-corrected chi connectivity index (χ3v) is 4.05. The molecule has 0 saturated heterocycles. The van der Waals surface area contributed by atoms with Crippen molar-refractivity contribution < 1.29 is 4.79 Å². The van der Waals surface area contributed by atoms with Gasteiger partial charge in [0, 0.05) is 40.5 Å². The largest absolute Gasteiger partial charge is 0.348 e. The first-order chi connectivity index (χ1) is 12.0. The Bertz CT molecular complexity index is 957. The van der Waals surface area contributed by atoms with E-state index in [2.05, 4.69) is 15.3 Å². The van der Waals surface area contributed by atoms with Gasteiger partial charge in [-0.15, -0.1) is 0 Å². The lowest BCUT2D eigenvalue weighted by Crippen LogP contribution is -2.24. The van der Waals surface area contributed by atoms with E-state index in [1.54, 1.807) is 37.5 Å². The van der Waals surface area contributed by atoms with Crippen LogP contribution in [-0.4, -0.2) is 21.6 Å². The maximum atomic E-state index is 12.2. The van der Waals surface area contributed by atoms with Gasteiger partial charge in [0.15, 0.2) is 0 Å². The number of benzene rings is 1. The maximum Gasteiger partial charge on any atom is 0.247 e. The molecule has 2 aromatic heterocycles. The van der Waals surface area contributed by atoms with Crippen LogP contribution in [0.1, 0.15) is 18.1 Å². The Morgan fingerprint density at radius 3 is 2.84 bits per heavy atom. The van der Waals surface area contributed by atoms with E-state index in [4.69, 9.17) is 17.0 Å². The van der Waals surface area contributed by atoms with Crippen molar-refractivity contribution in [1.29, 1.82) is 5.41 Å². The van der Waals surface area contributed by atoms with E-state index in [9.17, 15) is 4.79 Å². The molecule has 5 nitrogen and oxygen atoms in total. The van der Waals surface area contributed by atoms with Gasteiger partial charge in [-0.1, -0.05) is 23.7 Å². The molecule has 0 unspecified atom stereocenters. The van der Waals surface area contributed by atoms with E-state index in [0.29, 0.717) is 22.7 Å². The highest BCUT2D eigenvalue weighted by molar-refractivity contribution is 6.30. The van der Waals surface area contributed by atoms with Crippen LogP contribution < -0.4 is 5.32 Å². The number of H-pyrrole nitrogens is 1. The highest BCUT2D eigenvalue weighted by Crippen LogP contribution is 2.13. The minimum absolute atomic E-state index is 0.213. The molecule has 0 aliphatic rings. The third kappa shape index (κ3) is 4.14. The van der Waals surface area contributed by atoms with Gasteiger partial charge in [0.2, 0.25) is 5.91 Å². The number of nitrogens with one attached hydrogen (secondary N) is 3. The monoisotopic (exact) mass is 352 g/mol. The molecule has 3 aromatic rings. The molecule has 0 spiro atoms. The highest BCUT2D eigenvalue weighted by atomic mass is 35.5. The molecule has 0 fully saturated rings. The number of amides is 1. The summed E-state index contributed by atoms with van der Waals surface area (Å²) in [5, 5.41) is 12.6. The number of nitrogens with zero attached hydrogens (tertiary/aromatic N) is 1. The van der Waals surface area contributed by atoms with E-state index in [-0.39, 0.29) is 11.6 Å². The Balaban J connectivity index is 1.65. The van der Waals surface area contributed by atoms with Crippen molar-refractivity contribution in [1.82, 2.24) is 15.3 Å². The molecule has 0 radical (unpaired) electrons. The summed E-state index contributed by atoms with van der Waals surface area (Å²) in [4.78, 5) is 19.5. The predicted octanol–water partition coefficient (Wildman–Crippen LogP) is 3.85. The molecule has 6 heteroatoms. The number of carbonyl (C=O) groups excluding carboxylic acids is 1. The smallest absolute Gasteiger partial charge is 0.247 e. The van der Waals surface area contributed by atoms with Crippen molar-refractivity contribution >= 4 is 34.3 Å². The SMILES string of the molecule is C/C(=C/C(=N)c1cnc2[nH]ccc2c1)C(=O)NCc1ccc(Cl)cc1. The normalized spacial score (nSPS) is 11.5. The quantitative estimate of drug-likeness (QED) is 0.481. The topological polar surface area (TPSA) is 81.6 Å². The Morgan fingerprint density at radius 1 is 1.32 bits per heavy atom. The van der Waals surface area contributed by atoms with Crippen molar-refractivity contribution in [2.45, 2.75) is 13.5 Å². The van der Waals surface area contributed by atoms with Crippen molar-refractivity contribution in [3.63, 3.8) is 0 Å². The Labute approximate surface area is 150 Å². The first kappa shape index (κ1) is 16.9. The van der Waals surface area contributed by atoms with Gasteiger partial charge in [-0.25, -0.2) is 4.98 Å². The fraction of sp³-hybridized carbons (Fsp3) is 0.105. The molecule has 0 atom stereocenters. The van der Waals surface area contributed by atoms with E-state index < -0.39 is 0 Å². The van der Waals surface area contributed by atoms with Crippen LogP contribution in [0.4, 0.5) is 0 Å². The van der Waals surface area contributed by atoms with Crippen molar-refractivity contribution in [3.8, 4) is 0 Å². The van der Waals surface area contributed by atoms with Gasteiger partial charge in [-0.2, -0.15) is 0 Å². The molecule has 3 rings (SSSR count). The second kappa shape index (κ2) is 7.32. The van der Waals surface area contributed by atoms with E-state index in [0.717, 1.165) is 16.6 Å². The number of allylic oxidation sites excluding steroid dienone is 1. The van der Waals surface area contributed by atoms with Crippen molar-refractivity contribution in [2.24, 2.45) is 0 Å². The first-order valence-corrected chi connectivity index (χ1v) is 8.14. The van der Waals surface area contributed by atoms with Gasteiger partial charge < -0.3 is 15.7 Å². The van der Waals surface area contributed by atoms with Gasteiger partial charge in [-0.05, 0) is 42.8 Å². The number of aromatic nitrogens is 2. The Kier molecular flexibility index (Phi) is 4.95. The van der Waals surface area contributed by atoms with Crippen LogP contribution in [0.2, 0.25) is 5.02 Å². The maximum absolute atomic E-state index is 12.2. The number of halogens is 1. The molecule has 0 aliphatic heterocycles. The minimum atomic E-state index is -0.213. The number of hydrogen-bond donors (Lipinski definition) is 3. The summed E-state index contributed by atoms with van der Waals surface area (Å²) in [6.07, 6.45) is 4.97. The Morgan fingerprint density at radius 2 is 2.08 bits per heavy atom. The van der Waals surface area contributed by atoms with Crippen LogP contribution in [-0.2, 0) is 11.3 Å². The zero-order valence-electron chi connectivity index (χ0n) is 13.6. The number of carbonyl (C=O) groups is 1. The van der Waals surface area contributed by atoms with E-state index in [1.165, 1.54) is 0 Å². The summed E-state index contributed by atoms with van der Waals surface area (Å²) >= 11 is 5.84. The molecule has 126 valence electrons. The number of rotatable bonds is 5. The first-order valence-electron chi connectivity index (χ1n) is 7.76. The van der Waals surface area contributed by atoms with Gasteiger partial charge >= 0.3 is 0 Å². The van der Waals surface area contributed by atoms with Gasteiger partial charge in [0.05, 0.1) is 5.71 Å². The van der Waals surface area contributed by atoms with Crippen LogP contribution in [0.25, 0.3) is 11.0 Å². The molecule has 0 saturated carbocycles. The lowest BCUT2D eigenvalue weighted by Gasteiger charge is -2.06. The third-order valence-electron chi connectivity index (χ3n) is 3.80. The molecular weight excluding hydrogens is 336 g/mol. The summed E-state index contributed by atoms with van der Waals surface area (Å²) in [6, 6.07) is 11.1. The lowest BCUT2D eigenvalue weighted by atomic mass is 10.1.